The molecule has 0 bridgehead atoms. The number of methoxy groups -OCH3 is 1. The Morgan fingerprint density at radius 1 is 1.00 bits per heavy atom. The molecule has 0 saturated heterocycles. The first-order chi connectivity index (χ1) is 16.6. The summed E-state index contributed by atoms with van der Waals surface area (Å²) in [4.78, 5) is 26.5. The maximum Gasteiger partial charge on any atom is 0.338 e. The third kappa shape index (κ3) is 4.80. The van der Waals surface area contributed by atoms with E-state index in [9.17, 15) is 9.59 Å². The zero-order chi connectivity index (χ0) is 24.1. The van der Waals surface area contributed by atoms with E-state index >= 15 is 0 Å². The molecule has 0 radical (unpaired) electrons. The number of hydrogen-bond donors (Lipinski definition) is 0. The lowest BCUT2D eigenvalue weighted by Gasteiger charge is -2.16. The number of pyridine rings is 1. The fourth-order valence-electron chi connectivity index (χ4n) is 4.32. The van der Waals surface area contributed by atoms with Crippen molar-refractivity contribution in [3.8, 4) is 11.1 Å². The summed E-state index contributed by atoms with van der Waals surface area (Å²) >= 11 is 1.61. The number of unbranched alkanes of at least 4 members (excludes halogenated alkanes) is 1. The second-order valence-electron chi connectivity index (χ2n) is 8.30. The number of carbonyl (C=O) groups excluding carboxylic acids is 1. The van der Waals surface area contributed by atoms with Gasteiger partial charge in [-0.3, -0.25) is 4.79 Å². The van der Waals surface area contributed by atoms with Gasteiger partial charge in [-0.2, -0.15) is 0 Å². The molecule has 4 aromatic rings. The summed E-state index contributed by atoms with van der Waals surface area (Å²) in [5, 5.41) is 0.812. The molecule has 0 fully saturated rings. The van der Waals surface area contributed by atoms with E-state index in [-0.39, 0.29) is 11.4 Å². The van der Waals surface area contributed by atoms with Crippen molar-refractivity contribution in [2.24, 2.45) is 0 Å². The first kappa shape index (κ1) is 23.8. The van der Waals surface area contributed by atoms with Gasteiger partial charge in [-0.1, -0.05) is 61.9 Å². The number of carbonyl (C=O) groups is 1. The fraction of sp³-hybridized carbons (Fsp3) is 0.241. The normalized spacial score (nSPS) is 11.0. The van der Waals surface area contributed by atoms with Crippen LogP contribution in [0.1, 0.15) is 41.3 Å². The molecular formula is C29H29NO3S. The van der Waals surface area contributed by atoms with Gasteiger partial charge in [-0.25, -0.2) is 4.79 Å². The smallest absolute Gasteiger partial charge is 0.338 e. The van der Waals surface area contributed by atoms with Crippen molar-refractivity contribution in [1.82, 2.24) is 4.57 Å². The van der Waals surface area contributed by atoms with Gasteiger partial charge in [0.15, 0.2) is 5.43 Å². The Bertz CT molecular complexity index is 1370. The zero-order valence-corrected chi connectivity index (χ0v) is 20.7. The van der Waals surface area contributed by atoms with Crippen LogP contribution in [0.25, 0.3) is 22.0 Å². The van der Waals surface area contributed by atoms with Crippen LogP contribution in [-0.2, 0) is 17.7 Å². The van der Waals surface area contributed by atoms with Crippen LogP contribution < -0.4 is 5.43 Å². The summed E-state index contributed by atoms with van der Waals surface area (Å²) in [6, 6.07) is 21.8. The topological polar surface area (TPSA) is 48.3 Å². The molecule has 1 aromatic heterocycles. The van der Waals surface area contributed by atoms with Gasteiger partial charge >= 0.3 is 5.97 Å². The standard InChI is InChI=1S/C29H29NO3S/c1-4-5-9-22-19-30(25-12-8-13-26(34-3)27(25)28(22)31)18-20-14-16-21(17-15-20)23-10-6-7-11-24(23)29(32)33-2/h6-8,10-17,19H,4-5,9,18H2,1-3H3. The van der Waals surface area contributed by atoms with E-state index in [4.69, 9.17) is 4.74 Å². The lowest BCUT2D eigenvalue weighted by atomic mass is 9.98. The van der Waals surface area contributed by atoms with E-state index in [1.54, 1.807) is 17.8 Å². The molecule has 0 unspecified atom stereocenters. The average Bonchev–Trinajstić information content (AvgIpc) is 2.89. The van der Waals surface area contributed by atoms with E-state index < -0.39 is 0 Å². The number of ether oxygens (including phenoxy) is 1. The van der Waals surface area contributed by atoms with Crippen LogP contribution in [-0.4, -0.2) is 23.9 Å². The third-order valence-corrected chi connectivity index (χ3v) is 6.89. The Hall–Kier alpha value is -3.31. The van der Waals surface area contributed by atoms with Crippen LogP contribution in [0, 0.1) is 0 Å². The van der Waals surface area contributed by atoms with Crippen LogP contribution in [0.4, 0.5) is 0 Å². The largest absolute Gasteiger partial charge is 0.465 e. The number of esters is 1. The summed E-state index contributed by atoms with van der Waals surface area (Å²) < 4.78 is 7.13. The van der Waals surface area contributed by atoms with Gasteiger partial charge in [0.05, 0.1) is 23.6 Å². The molecule has 0 aliphatic heterocycles. The van der Waals surface area contributed by atoms with Gasteiger partial charge in [0.25, 0.3) is 0 Å². The maximum absolute atomic E-state index is 13.3. The molecule has 174 valence electrons. The molecule has 3 aromatic carbocycles. The molecule has 0 aliphatic carbocycles. The van der Waals surface area contributed by atoms with Crippen molar-refractivity contribution in [2.45, 2.75) is 37.6 Å². The van der Waals surface area contributed by atoms with Crippen molar-refractivity contribution < 1.29 is 9.53 Å². The predicted octanol–water partition coefficient (Wildman–Crippen LogP) is 6.57. The van der Waals surface area contributed by atoms with Crippen molar-refractivity contribution >= 4 is 28.6 Å². The van der Waals surface area contributed by atoms with Crippen LogP contribution >= 0.6 is 11.8 Å². The number of hydrogen-bond acceptors (Lipinski definition) is 4. The van der Waals surface area contributed by atoms with Crippen LogP contribution in [0.5, 0.6) is 0 Å². The van der Waals surface area contributed by atoms with Crippen molar-refractivity contribution in [3.05, 3.63) is 99.8 Å². The predicted molar refractivity (Wildman–Crippen MR) is 141 cm³/mol. The Labute approximate surface area is 204 Å². The molecule has 4 rings (SSSR count). The molecule has 0 N–H and O–H groups in total. The second kappa shape index (κ2) is 10.7. The molecule has 5 heteroatoms. The molecule has 34 heavy (non-hydrogen) atoms. The quantitative estimate of drug-likeness (QED) is 0.215. The van der Waals surface area contributed by atoms with Crippen LogP contribution in [0.2, 0.25) is 0 Å². The number of nitrogens with zero attached hydrogens (tertiary/aromatic N) is 1. The molecular weight excluding hydrogens is 442 g/mol. The number of rotatable bonds is 8. The molecule has 0 spiro atoms. The second-order valence-corrected chi connectivity index (χ2v) is 9.15. The minimum Gasteiger partial charge on any atom is -0.465 e. The number of aryl methyl sites for hydroxylation is 1. The number of thioether (sulfide) groups is 1. The summed E-state index contributed by atoms with van der Waals surface area (Å²) in [6.07, 6.45) is 6.89. The summed E-state index contributed by atoms with van der Waals surface area (Å²) in [5.41, 5.74) is 5.47. The van der Waals surface area contributed by atoms with Crippen LogP contribution in [0.3, 0.4) is 0 Å². The van der Waals surface area contributed by atoms with Crippen molar-refractivity contribution in [3.63, 3.8) is 0 Å². The van der Waals surface area contributed by atoms with Crippen LogP contribution in [0.15, 0.2) is 82.6 Å². The Morgan fingerprint density at radius 3 is 2.47 bits per heavy atom. The zero-order valence-electron chi connectivity index (χ0n) is 19.8. The highest BCUT2D eigenvalue weighted by molar-refractivity contribution is 7.98. The fourth-order valence-corrected chi connectivity index (χ4v) is 4.94. The summed E-state index contributed by atoms with van der Waals surface area (Å²) in [7, 11) is 1.40. The first-order valence-electron chi connectivity index (χ1n) is 11.5. The molecule has 4 nitrogen and oxygen atoms in total. The van der Waals surface area contributed by atoms with E-state index in [1.165, 1.54) is 7.11 Å². The maximum atomic E-state index is 13.3. The highest BCUT2D eigenvalue weighted by Crippen LogP contribution is 2.27. The van der Waals surface area contributed by atoms with Gasteiger partial charge in [0, 0.05) is 23.2 Å². The van der Waals surface area contributed by atoms with Gasteiger partial charge < -0.3 is 9.30 Å². The van der Waals surface area contributed by atoms with E-state index in [0.29, 0.717) is 12.1 Å². The van der Waals surface area contributed by atoms with Gasteiger partial charge in [0.2, 0.25) is 0 Å². The lowest BCUT2D eigenvalue weighted by molar-refractivity contribution is 0.0601. The Balaban J connectivity index is 1.73. The van der Waals surface area contributed by atoms with E-state index in [2.05, 4.69) is 23.6 Å². The van der Waals surface area contributed by atoms with Gasteiger partial charge in [-0.05, 0) is 54.0 Å². The molecule has 0 saturated carbocycles. The minimum atomic E-state index is -0.344. The molecule has 0 atom stereocenters. The van der Waals surface area contributed by atoms with Crippen molar-refractivity contribution in [1.29, 1.82) is 0 Å². The Morgan fingerprint density at radius 2 is 1.76 bits per heavy atom. The number of aromatic nitrogens is 1. The van der Waals surface area contributed by atoms with Gasteiger partial charge in [0.1, 0.15) is 0 Å². The summed E-state index contributed by atoms with van der Waals surface area (Å²) in [5.74, 6) is -0.344. The number of benzene rings is 3. The van der Waals surface area contributed by atoms with Gasteiger partial charge in [-0.15, -0.1) is 11.8 Å². The highest BCUT2D eigenvalue weighted by atomic mass is 32.2. The lowest BCUT2D eigenvalue weighted by Crippen LogP contribution is -2.16. The number of fused-ring (bicyclic) bond motifs is 1. The first-order valence-corrected chi connectivity index (χ1v) is 12.8. The van der Waals surface area contributed by atoms with E-state index in [1.807, 2.05) is 61.0 Å². The molecule has 1 heterocycles. The molecule has 0 aliphatic rings. The molecule has 0 amide bonds. The SMILES string of the molecule is CCCCc1cn(Cc2ccc(-c3ccccc3C(=O)OC)cc2)c2cccc(SC)c2c1=O. The highest BCUT2D eigenvalue weighted by Gasteiger charge is 2.14. The summed E-state index contributed by atoms with van der Waals surface area (Å²) in [6.45, 7) is 2.81. The minimum absolute atomic E-state index is 0.152. The van der Waals surface area contributed by atoms with E-state index in [0.717, 1.165) is 57.3 Å². The average molecular weight is 472 g/mol. The van der Waals surface area contributed by atoms with Crippen molar-refractivity contribution in [2.75, 3.05) is 13.4 Å². The monoisotopic (exact) mass is 471 g/mol. The Kier molecular flexibility index (Phi) is 7.53. The third-order valence-electron chi connectivity index (χ3n) is 6.11.